The van der Waals surface area contributed by atoms with Gasteiger partial charge in [0.1, 0.15) is 12.6 Å². The Kier molecular flexibility index (Phi) is 6.49. The molecule has 4 rings (SSSR count). The zero-order chi connectivity index (χ0) is 22.5. The quantitative estimate of drug-likeness (QED) is 0.167. The lowest BCUT2D eigenvalue weighted by atomic mass is 10.1. The van der Waals surface area contributed by atoms with Crippen molar-refractivity contribution in [1.82, 2.24) is 4.98 Å². The van der Waals surface area contributed by atoms with E-state index in [9.17, 15) is 4.79 Å². The van der Waals surface area contributed by atoms with Crippen LogP contribution in [0.1, 0.15) is 12.5 Å². The first-order chi connectivity index (χ1) is 15.5. The lowest BCUT2D eigenvalue weighted by Crippen LogP contribution is -2.29. The maximum atomic E-state index is 11.4. The van der Waals surface area contributed by atoms with E-state index in [0.29, 0.717) is 12.3 Å². The van der Waals surface area contributed by atoms with Crippen LogP contribution >= 0.6 is 0 Å². The van der Waals surface area contributed by atoms with Crippen molar-refractivity contribution in [2.45, 2.75) is 19.6 Å². The summed E-state index contributed by atoms with van der Waals surface area (Å²) >= 11 is 0. The first-order valence-corrected chi connectivity index (χ1v) is 10.4. The largest absolute Gasteiger partial charge is 0.462 e. The summed E-state index contributed by atoms with van der Waals surface area (Å²) in [6.07, 6.45) is 0. The van der Waals surface area contributed by atoms with Gasteiger partial charge in [-0.05, 0) is 42.8 Å². The Labute approximate surface area is 186 Å². The summed E-state index contributed by atoms with van der Waals surface area (Å²) in [6.45, 7) is 2.35. The summed E-state index contributed by atoms with van der Waals surface area (Å²) in [6, 6.07) is 21.2. The van der Waals surface area contributed by atoms with E-state index >= 15 is 0 Å². The van der Waals surface area contributed by atoms with Crippen molar-refractivity contribution >= 4 is 44.8 Å². The minimum atomic E-state index is -0.641. The molecule has 164 valence electrons. The molecule has 0 unspecified atom stereocenters. The molecule has 7 nitrogen and oxygen atoms in total. The van der Waals surface area contributed by atoms with Gasteiger partial charge < -0.3 is 26.3 Å². The van der Waals surface area contributed by atoms with E-state index in [4.69, 9.17) is 25.9 Å². The van der Waals surface area contributed by atoms with Crippen LogP contribution in [0.25, 0.3) is 21.8 Å². The number of hydrogen-bond acceptors (Lipinski definition) is 7. The molecule has 1 heterocycles. The number of ether oxygens (including phenoxy) is 2. The third kappa shape index (κ3) is 4.96. The predicted molar refractivity (Wildman–Crippen MR) is 128 cm³/mol. The highest BCUT2D eigenvalue weighted by molar-refractivity contribution is 6.08. The number of fused-ring (bicyclic) bond motifs is 2. The molecular formula is C25H26N4O3. The minimum absolute atomic E-state index is 0.156. The second-order valence-electron chi connectivity index (χ2n) is 7.62. The van der Waals surface area contributed by atoms with Gasteiger partial charge in [-0.3, -0.25) is 4.79 Å². The summed E-state index contributed by atoms with van der Waals surface area (Å²) in [5, 5.41) is 5.60. The van der Waals surface area contributed by atoms with Crippen LogP contribution in [0.4, 0.5) is 17.1 Å². The average Bonchev–Trinajstić information content (AvgIpc) is 2.78. The van der Waals surface area contributed by atoms with Crippen molar-refractivity contribution in [3.05, 3.63) is 72.3 Å². The highest BCUT2D eigenvalue weighted by Gasteiger charge is 2.10. The number of nitrogens with zero attached hydrogens (tertiary/aromatic N) is 1. The Hall–Kier alpha value is -3.68. The highest BCUT2D eigenvalue weighted by atomic mass is 16.6. The molecule has 0 aliphatic heterocycles. The average molecular weight is 431 g/mol. The molecule has 1 aromatic heterocycles. The molecule has 0 amide bonds. The third-order valence-electron chi connectivity index (χ3n) is 4.98. The lowest BCUT2D eigenvalue weighted by Gasteiger charge is -2.15. The van der Waals surface area contributed by atoms with Crippen molar-refractivity contribution in [1.29, 1.82) is 0 Å². The van der Waals surface area contributed by atoms with Crippen molar-refractivity contribution in [2.75, 3.05) is 24.3 Å². The first kappa shape index (κ1) is 21.5. The van der Waals surface area contributed by atoms with Crippen LogP contribution in [0.2, 0.25) is 0 Å². The molecule has 3 aromatic carbocycles. The van der Waals surface area contributed by atoms with E-state index in [-0.39, 0.29) is 13.2 Å². The Bertz CT molecular complexity index is 1200. The molecule has 0 saturated carbocycles. The second kappa shape index (κ2) is 9.64. The van der Waals surface area contributed by atoms with E-state index in [1.807, 2.05) is 54.6 Å². The molecule has 0 saturated heterocycles. The molecule has 5 N–H and O–H groups in total. The highest BCUT2D eigenvalue weighted by Crippen LogP contribution is 2.33. The van der Waals surface area contributed by atoms with Crippen LogP contribution in [0, 0.1) is 0 Å². The van der Waals surface area contributed by atoms with Gasteiger partial charge in [0.2, 0.25) is 0 Å². The van der Waals surface area contributed by atoms with E-state index in [2.05, 4.69) is 17.4 Å². The van der Waals surface area contributed by atoms with Crippen LogP contribution in [-0.4, -0.2) is 30.2 Å². The molecule has 0 spiro atoms. The maximum Gasteiger partial charge on any atom is 0.322 e. The van der Waals surface area contributed by atoms with Gasteiger partial charge in [0, 0.05) is 22.1 Å². The van der Waals surface area contributed by atoms with Gasteiger partial charge in [0.15, 0.2) is 0 Å². The van der Waals surface area contributed by atoms with Gasteiger partial charge in [0.05, 0.1) is 29.9 Å². The molecule has 4 aromatic rings. The fourth-order valence-corrected chi connectivity index (χ4v) is 3.52. The fraction of sp³-hybridized carbons (Fsp3) is 0.200. The Morgan fingerprint density at radius 1 is 1.00 bits per heavy atom. The maximum absolute atomic E-state index is 11.4. The van der Waals surface area contributed by atoms with E-state index < -0.39 is 12.0 Å². The molecule has 32 heavy (non-hydrogen) atoms. The van der Waals surface area contributed by atoms with Crippen LogP contribution in [0.15, 0.2) is 66.7 Å². The van der Waals surface area contributed by atoms with E-state index in [0.717, 1.165) is 38.7 Å². The zero-order valence-corrected chi connectivity index (χ0v) is 17.9. The molecule has 7 heteroatoms. The summed E-state index contributed by atoms with van der Waals surface area (Å²) in [5.41, 5.74) is 16.8. The number of carbonyl (C=O) groups is 1. The number of anilines is 3. The molecule has 0 fully saturated rings. The number of nitrogens with one attached hydrogen (secondary N) is 1. The van der Waals surface area contributed by atoms with Crippen LogP contribution in [0.3, 0.4) is 0 Å². The standard InChI is InChI=1S/C25H26N4O3/c1-16(26)25(30)32-11-10-31-15-17-12-18(27)14-19(13-17)28-24-20-6-2-4-8-22(20)29-23-9-5-3-7-21(23)24/h2-9,12-14,16H,10-11,15,26-27H2,1H3,(H,28,29)/t16-/m0/s1. The normalized spacial score (nSPS) is 12.1. The Morgan fingerprint density at radius 2 is 1.66 bits per heavy atom. The smallest absolute Gasteiger partial charge is 0.322 e. The van der Waals surface area contributed by atoms with Crippen LogP contribution in [-0.2, 0) is 20.9 Å². The minimum Gasteiger partial charge on any atom is -0.462 e. The summed E-state index contributed by atoms with van der Waals surface area (Å²) in [5.74, 6) is -0.444. The first-order valence-electron chi connectivity index (χ1n) is 10.4. The summed E-state index contributed by atoms with van der Waals surface area (Å²) in [4.78, 5) is 16.2. The lowest BCUT2D eigenvalue weighted by molar-refractivity contribution is -0.146. The van der Waals surface area contributed by atoms with Crippen molar-refractivity contribution in [2.24, 2.45) is 5.73 Å². The van der Waals surface area contributed by atoms with Gasteiger partial charge >= 0.3 is 5.97 Å². The number of esters is 1. The van der Waals surface area contributed by atoms with Gasteiger partial charge in [-0.15, -0.1) is 0 Å². The predicted octanol–water partition coefficient (Wildman–Crippen LogP) is 4.12. The van der Waals surface area contributed by atoms with Gasteiger partial charge in [-0.25, -0.2) is 4.98 Å². The molecule has 0 aliphatic rings. The summed E-state index contributed by atoms with van der Waals surface area (Å²) < 4.78 is 10.7. The van der Waals surface area contributed by atoms with E-state index in [1.54, 1.807) is 6.92 Å². The number of hydrogen-bond donors (Lipinski definition) is 3. The zero-order valence-electron chi connectivity index (χ0n) is 17.9. The number of rotatable bonds is 8. The number of nitrogens with two attached hydrogens (primary N) is 2. The number of aromatic nitrogens is 1. The van der Waals surface area contributed by atoms with Crippen molar-refractivity contribution in [3.8, 4) is 0 Å². The Morgan fingerprint density at radius 3 is 2.31 bits per heavy atom. The number of para-hydroxylation sites is 2. The van der Waals surface area contributed by atoms with Crippen LogP contribution in [0.5, 0.6) is 0 Å². The Balaban J connectivity index is 1.53. The topological polar surface area (TPSA) is 112 Å². The summed E-state index contributed by atoms with van der Waals surface area (Å²) in [7, 11) is 0. The van der Waals surface area contributed by atoms with Gasteiger partial charge in [0.25, 0.3) is 0 Å². The van der Waals surface area contributed by atoms with Gasteiger partial charge in [-0.2, -0.15) is 0 Å². The SMILES string of the molecule is C[C@H](N)C(=O)OCCOCc1cc(N)cc(Nc2c3ccccc3nc3ccccc23)c1. The second-order valence-corrected chi connectivity index (χ2v) is 7.62. The van der Waals surface area contributed by atoms with Crippen molar-refractivity contribution < 1.29 is 14.3 Å². The molecule has 1 atom stereocenters. The molecule has 0 radical (unpaired) electrons. The third-order valence-corrected chi connectivity index (χ3v) is 4.98. The molecular weight excluding hydrogens is 404 g/mol. The molecule has 0 bridgehead atoms. The van der Waals surface area contributed by atoms with Gasteiger partial charge in [-0.1, -0.05) is 36.4 Å². The fourth-order valence-electron chi connectivity index (χ4n) is 3.52. The monoisotopic (exact) mass is 430 g/mol. The number of carbonyl (C=O) groups excluding carboxylic acids is 1. The van der Waals surface area contributed by atoms with Crippen molar-refractivity contribution in [3.63, 3.8) is 0 Å². The number of pyridine rings is 1. The number of benzene rings is 3. The van der Waals surface area contributed by atoms with Crippen LogP contribution < -0.4 is 16.8 Å². The molecule has 0 aliphatic carbocycles. The van der Waals surface area contributed by atoms with E-state index in [1.165, 1.54) is 0 Å². The number of nitrogen functional groups attached to an aromatic ring is 1.